The normalized spacial score (nSPS) is 12.3. The van der Waals surface area contributed by atoms with E-state index in [-0.39, 0.29) is 6.04 Å². The first kappa shape index (κ1) is 18.0. The maximum absolute atomic E-state index is 13.8. The molecule has 5 rings (SSSR count). The zero-order valence-electron chi connectivity index (χ0n) is 16.0. The number of hydrogen-bond donors (Lipinski definition) is 2. The lowest BCUT2D eigenvalue weighted by atomic mass is 9.98. The first-order chi connectivity index (χ1) is 14.6. The van der Waals surface area contributed by atoms with Crippen LogP contribution in [-0.2, 0) is 0 Å². The Morgan fingerprint density at radius 3 is 2.73 bits per heavy atom. The fourth-order valence-electron chi connectivity index (χ4n) is 3.61. The largest absolute Gasteiger partial charge is 0.456 e. The molecule has 0 saturated heterocycles. The second-order valence-electron chi connectivity index (χ2n) is 6.93. The first-order valence-corrected chi connectivity index (χ1v) is 9.39. The van der Waals surface area contributed by atoms with E-state index >= 15 is 0 Å². The summed E-state index contributed by atoms with van der Waals surface area (Å²) in [5.74, 6) is 0.0603. The number of benzene rings is 2. The monoisotopic (exact) mass is 400 g/mol. The molecule has 0 spiro atoms. The first-order valence-electron chi connectivity index (χ1n) is 9.39. The third-order valence-electron chi connectivity index (χ3n) is 5.03. The Balaban J connectivity index is 1.69. The third-order valence-corrected chi connectivity index (χ3v) is 5.03. The summed E-state index contributed by atoms with van der Waals surface area (Å²) in [6.07, 6.45) is 2.97. The van der Waals surface area contributed by atoms with Crippen LogP contribution in [0.2, 0.25) is 0 Å². The summed E-state index contributed by atoms with van der Waals surface area (Å²) >= 11 is 0. The Morgan fingerprint density at radius 1 is 1.07 bits per heavy atom. The van der Waals surface area contributed by atoms with E-state index in [4.69, 9.17) is 5.32 Å². The Hall–Kier alpha value is -4.07. The molecule has 2 aromatic carbocycles. The Kier molecular flexibility index (Phi) is 4.24. The van der Waals surface area contributed by atoms with Gasteiger partial charge in [0, 0.05) is 16.6 Å². The van der Waals surface area contributed by atoms with Gasteiger partial charge in [0.15, 0.2) is 5.65 Å². The van der Waals surface area contributed by atoms with Crippen LogP contribution in [0.1, 0.15) is 18.5 Å². The van der Waals surface area contributed by atoms with Crippen molar-refractivity contribution in [1.29, 1.82) is 0 Å². The van der Waals surface area contributed by atoms with Crippen molar-refractivity contribution in [2.45, 2.75) is 13.0 Å². The molecule has 2 N–H and O–H groups in total. The van der Waals surface area contributed by atoms with Crippen molar-refractivity contribution in [3.8, 4) is 11.3 Å². The fraction of sp³-hybridized carbons (Fsp3) is 0.0909. The molecule has 0 bridgehead atoms. The van der Waals surface area contributed by atoms with Crippen LogP contribution < -0.4 is 4.73 Å². The molecule has 3 heterocycles. The van der Waals surface area contributed by atoms with E-state index in [1.165, 1.54) is 18.5 Å². The topological polar surface area (TPSA) is 92.7 Å². The summed E-state index contributed by atoms with van der Waals surface area (Å²) in [5.41, 5.74) is 3.66. The quantitative estimate of drug-likeness (QED) is 0.340. The van der Waals surface area contributed by atoms with Gasteiger partial charge in [0.2, 0.25) is 0 Å². The van der Waals surface area contributed by atoms with Gasteiger partial charge in [0.05, 0.1) is 28.9 Å². The maximum atomic E-state index is 13.8. The lowest BCUT2D eigenvalue weighted by molar-refractivity contribution is -0.876. The van der Waals surface area contributed by atoms with Gasteiger partial charge in [0.25, 0.3) is 11.2 Å². The van der Waals surface area contributed by atoms with Crippen LogP contribution in [0.15, 0.2) is 67.3 Å². The molecule has 0 fully saturated rings. The van der Waals surface area contributed by atoms with Crippen LogP contribution in [0, 0.1) is 5.82 Å². The average molecular weight is 400 g/mol. The Bertz CT molecular complexity index is 1370. The molecule has 8 heteroatoms. The molecule has 0 amide bonds. The molecule has 1 unspecified atom stereocenters. The molecule has 5 aromatic rings. The molecule has 30 heavy (non-hydrogen) atoms. The molecule has 0 aliphatic rings. The molecule has 3 aromatic heterocycles. The van der Waals surface area contributed by atoms with Crippen molar-refractivity contribution in [2.75, 3.05) is 0 Å². The van der Waals surface area contributed by atoms with Crippen LogP contribution in [0.25, 0.3) is 38.6 Å². The summed E-state index contributed by atoms with van der Waals surface area (Å²) in [4.78, 5) is 15.5. The van der Waals surface area contributed by atoms with E-state index in [0.29, 0.717) is 33.6 Å². The molecule has 0 radical (unpaired) electrons. The second kappa shape index (κ2) is 7.07. The van der Waals surface area contributed by atoms with Gasteiger partial charge in [-0.1, -0.05) is 25.1 Å². The van der Waals surface area contributed by atoms with Gasteiger partial charge in [-0.25, -0.2) is 14.4 Å². The van der Waals surface area contributed by atoms with Crippen molar-refractivity contribution in [3.63, 3.8) is 0 Å². The van der Waals surface area contributed by atoms with Crippen molar-refractivity contribution in [1.82, 2.24) is 19.9 Å². The molecule has 0 aliphatic carbocycles. The van der Waals surface area contributed by atoms with Crippen molar-refractivity contribution in [3.05, 3.63) is 83.9 Å². The van der Waals surface area contributed by atoms with Crippen LogP contribution in [0.5, 0.6) is 0 Å². The van der Waals surface area contributed by atoms with Gasteiger partial charge in [-0.2, -0.15) is 0 Å². The molecule has 148 valence electrons. The Morgan fingerprint density at radius 2 is 1.90 bits per heavy atom. The summed E-state index contributed by atoms with van der Waals surface area (Å²) < 4.78 is 14.9. The predicted molar refractivity (Wildman–Crippen MR) is 110 cm³/mol. The molecule has 0 aliphatic heterocycles. The van der Waals surface area contributed by atoms with Gasteiger partial charge >= 0.3 is 0 Å². The van der Waals surface area contributed by atoms with E-state index < -0.39 is 5.82 Å². The van der Waals surface area contributed by atoms with E-state index in [1.807, 2.05) is 43.3 Å². The number of aromatic amines is 1. The number of pyridine rings is 1. The minimum atomic E-state index is -0.419. The second-order valence-corrected chi connectivity index (χ2v) is 6.93. The van der Waals surface area contributed by atoms with Crippen LogP contribution >= 0.6 is 0 Å². The zero-order valence-corrected chi connectivity index (χ0v) is 16.0. The summed E-state index contributed by atoms with van der Waals surface area (Å²) in [6, 6.07) is 15.3. The average Bonchev–Trinajstić information content (AvgIpc) is 3.24. The molecular formula is C22H17FN6O. The highest BCUT2D eigenvalue weighted by Crippen LogP contribution is 2.37. The van der Waals surface area contributed by atoms with Gasteiger partial charge in [-0.15, -0.1) is 0 Å². The van der Waals surface area contributed by atoms with E-state index in [9.17, 15) is 9.60 Å². The lowest BCUT2D eigenvalue weighted by Crippen LogP contribution is -2.35. The van der Waals surface area contributed by atoms with Gasteiger partial charge in [-0.05, 0) is 42.2 Å². The number of halogens is 1. The number of aromatic nitrogens is 5. The number of H-pyrrole nitrogens is 1. The molecule has 7 nitrogen and oxygen atoms in total. The minimum Gasteiger partial charge on any atom is -0.456 e. The lowest BCUT2D eigenvalue weighted by Gasteiger charge is -2.23. The van der Waals surface area contributed by atoms with Crippen LogP contribution in [-0.4, -0.2) is 25.1 Å². The number of nitrogens with zero attached hydrogens (tertiary/aromatic N) is 5. The highest BCUT2D eigenvalue weighted by Gasteiger charge is 2.25. The maximum Gasteiger partial charge on any atom is 0.268 e. The number of hydrogen-bond acceptors (Lipinski definition) is 4. The predicted octanol–water partition coefficient (Wildman–Crippen LogP) is 4.60. The SMILES string of the molecule is CC([N-]c1ncnc2nc[nH]c12)c1cc2ccc(F)cc2[n+](O)c1-c1ccccc1. The van der Waals surface area contributed by atoms with Crippen LogP contribution in [0.3, 0.4) is 0 Å². The smallest absolute Gasteiger partial charge is 0.268 e. The van der Waals surface area contributed by atoms with Gasteiger partial charge in [0.1, 0.15) is 5.82 Å². The highest BCUT2D eigenvalue weighted by molar-refractivity contribution is 5.84. The highest BCUT2D eigenvalue weighted by atomic mass is 19.1. The van der Waals surface area contributed by atoms with E-state index in [2.05, 4.69) is 19.9 Å². The van der Waals surface area contributed by atoms with Crippen molar-refractivity contribution >= 4 is 27.9 Å². The van der Waals surface area contributed by atoms with Crippen LogP contribution in [0.4, 0.5) is 10.2 Å². The van der Waals surface area contributed by atoms with Crippen molar-refractivity contribution in [2.24, 2.45) is 0 Å². The molecule has 1 atom stereocenters. The number of rotatable bonds is 4. The van der Waals surface area contributed by atoms with Crippen molar-refractivity contribution < 1.29 is 14.3 Å². The van der Waals surface area contributed by atoms with E-state index in [1.54, 1.807) is 12.4 Å². The molecule has 0 saturated carbocycles. The third kappa shape index (κ3) is 2.98. The van der Waals surface area contributed by atoms with Gasteiger partial charge in [-0.3, -0.25) is 5.21 Å². The van der Waals surface area contributed by atoms with Gasteiger partial charge < -0.3 is 15.3 Å². The number of fused-ring (bicyclic) bond motifs is 2. The fourth-order valence-corrected chi connectivity index (χ4v) is 3.61. The summed E-state index contributed by atoms with van der Waals surface area (Å²) in [6.45, 7) is 1.92. The summed E-state index contributed by atoms with van der Waals surface area (Å²) in [5, 5.41) is 16.5. The van der Waals surface area contributed by atoms with E-state index in [0.717, 1.165) is 15.9 Å². The number of imidazole rings is 1. The standard InChI is InChI=1S/C22H17FN6O/c1-13(28-22-19-21(25-11-24-19)26-12-27-22)17-9-15-7-8-16(23)10-18(15)29(30)20(17)14-5-3-2-4-6-14/h2-13H,1H3,(H2-,24,25,26,27,28,30). The molecular weight excluding hydrogens is 383 g/mol. The Labute approximate surface area is 170 Å². The number of nitrogens with one attached hydrogen (secondary N) is 1. The minimum absolute atomic E-state index is 0.366. The summed E-state index contributed by atoms with van der Waals surface area (Å²) in [7, 11) is 0. The zero-order chi connectivity index (χ0) is 20.7.